The molecule has 27 heavy (non-hydrogen) atoms. The van der Waals surface area contributed by atoms with E-state index >= 15 is 0 Å². The van der Waals surface area contributed by atoms with Crippen LogP contribution in [0.5, 0.6) is 11.5 Å². The molecule has 0 aliphatic carbocycles. The standard InChI is InChI=1S/C21H26F2N2O2/c1-26-20-13-17(18(14-21(22)23)25-11-9-24-10-12-25)7-8-19(20)27-15-16-5-3-2-4-6-16/h2-8,13,18,21,24H,9-12,14-15H2,1H3/t18-/m1/s1. The van der Waals surface area contributed by atoms with Gasteiger partial charge in [-0.25, -0.2) is 8.78 Å². The molecule has 2 aromatic rings. The van der Waals surface area contributed by atoms with Gasteiger partial charge in [0, 0.05) is 38.6 Å². The molecular weight excluding hydrogens is 350 g/mol. The summed E-state index contributed by atoms with van der Waals surface area (Å²) in [4.78, 5) is 2.11. The molecule has 1 N–H and O–H groups in total. The van der Waals surface area contributed by atoms with Crippen LogP contribution in [0, 0.1) is 0 Å². The number of hydrogen-bond acceptors (Lipinski definition) is 4. The maximum Gasteiger partial charge on any atom is 0.240 e. The Kier molecular flexibility index (Phi) is 7.01. The Labute approximate surface area is 159 Å². The molecule has 1 saturated heterocycles. The number of alkyl halides is 2. The molecule has 1 aliphatic heterocycles. The Balaban J connectivity index is 1.77. The number of ether oxygens (including phenoxy) is 2. The zero-order chi connectivity index (χ0) is 19.1. The van der Waals surface area contributed by atoms with Crippen LogP contribution in [0.3, 0.4) is 0 Å². The number of rotatable bonds is 8. The number of nitrogens with one attached hydrogen (secondary N) is 1. The molecular formula is C21H26F2N2O2. The van der Waals surface area contributed by atoms with Gasteiger partial charge in [-0.2, -0.15) is 0 Å². The van der Waals surface area contributed by atoms with Crippen molar-refractivity contribution < 1.29 is 18.3 Å². The molecule has 2 aromatic carbocycles. The molecule has 1 heterocycles. The number of halogens is 2. The third-order valence-electron chi connectivity index (χ3n) is 4.80. The molecule has 1 atom stereocenters. The second-order valence-electron chi connectivity index (χ2n) is 6.61. The molecule has 0 unspecified atom stereocenters. The van der Waals surface area contributed by atoms with Crippen LogP contribution >= 0.6 is 0 Å². The summed E-state index contributed by atoms with van der Waals surface area (Å²) < 4.78 is 37.7. The summed E-state index contributed by atoms with van der Waals surface area (Å²) in [6.07, 6.45) is -2.54. The third-order valence-corrected chi connectivity index (χ3v) is 4.80. The summed E-state index contributed by atoms with van der Waals surface area (Å²) in [6.45, 7) is 3.57. The fraction of sp³-hybridized carbons (Fsp3) is 0.429. The number of benzene rings is 2. The highest BCUT2D eigenvalue weighted by molar-refractivity contribution is 5.44. The first kappa shape index (κ1) is 19.6. The maximum atomic E-state index is 13.2. The average Bonchev–Trinajstić information content (AvgIpc) is 2.71. The van der Waals surface area contributed by atoms with Gasteiger partial charge in [-0.3, -0.25) is 4.90 Å². The normalized spacial score (nSPS) is 16.3. The van der Waals surface area contributed by atoms with Crippen LogP contribution in [0.15, 0.2) is 48.5 Å². The number of nitrogens with zero attached hydrogens (tertiary/aromatic N) is 1. The first-order chi connectivity index (χ1) is 13.2. The van der Waals surface area contributed by atoms with E-state index in [1.807, 2.05) is 48.5 Å². The molecule has 0 bridgehead atoms. The Hall–Kier alpha value is -2.18. The lowest BCUT2D eigenvalue weighted by molar-refractivity contribution is 0.0738. The van der Waals surface area contributed by atoms with Gasteiger partial charge in [0.25, 0.3) is 0 Å². The Morgan fingerprint density at radius 1 is 1.04 bits per heavy atom. The molecule has 3 rings (SSSR count). The Morgan fingerprint density at radius 3 is 2.44 bits per heavy atom. The fourth-order valence-corrected chi connectivity index (χ4v) is 3.40. The molecule has 6 heteroatoms. The number of piperazine rings is 1. The van der Waals surface area contributed by atoms with Gasteiger partial charge in [-0.1, -0.05) is 36.4 Å². The van der Waals surface area contributed by atoms with E-state index in [1.54, 1.807) is 7.11 Å². The van der Waals surface area contributed by atoms with Gasteiger partial charge in [-0.05, 0) is 23.3 Å². The summed E-state index contributed by atoms with van der Waals surface area (Å²) in [5.41, 5.74) is 1.89. The van der Waals surface area contributed by atoms with E-state index in [-0.39, 0.29) is 12.5 Å². The van der Waals surface area contributed by atoms with Crippen molar-refractivity contribution in [2.75, 3.05) is 33.3 Å². The van der Waals surface area contributed by atoms with Crippen LogP contribution in [0.25, 0.3) is 0 Å². The molecule has 0 amide bonds. The highest BCUT2D eigenvalue weighted by atomic mass is 19.3. The van der Waals surface area contributed by atoms with E-state index in [0.717, 1.165) is 37.3 Å². The van der Waals surface area contributed by atoms with Crippen LogP contribution in [0.4, 0.5) is 8.78 Å². The van der Waals surface area contributed by atoms with Crippen LogP contribution < -0.4 is 14.8 Å². The second kappa shape index (κ2) is 9.67. The van der Waals surface area contributed by atoms with Crippen molar-refractivity contribution in [3.05, 3.63) is 59.7 Å². The molecule has 146 valence electrons. The zero-order valence-corrected chi connectivity index (χ0v) is 15.5. The minimum Gasteiger partial charge on any atom is -0.493 e. The Bertz CT molecular complexity index is 707. The monoisotopic (exact) mass is 376 g/mol. The lowest BCUT2D eigenvalue weighted by Gasteiger charge is -2.35. The van der Waals surface area contributed by atoms with Gasteiger partial charge >= 0.3 is 0 Å². The third kappa shape index (κ3) is 5.40. The van der Waals surface area contributed by atoms with Crippen molar-refractivity contribution in [2.24, 2.45) is 0 Å². The summed E-state index contributed by atoms with van der Waals surface area (Å²) in [6, 6.07) is 15.0. The van der Waals surface area contributed by atoms with Crippen LogP contribution in [0.2, 0.25) is 0 Å². The minimum atomic E-state index is -2.36. The molecule has 0 aromatic heterocycles. The maximum absolute atomic E-state index is 13.2. The van der Waals surface area contributed by atoms with Crippen molar-refractivity contribution in [1.29, 1.82) is 0 Å². The van der Waals surface area contributed by atoms with Gasteiger partial charge in [-0.15, -0.1) is 0 Å². The molecule has 1 aliphatic rings. The summed E-state index contributed by atoms with van der Waals surface area (Å²) >= 11 is 0. The topological polar surface area (TPSA) is 33.7 Å². The highest BCUT2D eigenvalue weighted by Gasteiger charge is 2.26. The predicted molar refractivity (Wildman–Crippen MR) is 102 cm³/mol. The minimum absolute atomic E-state index is 0.187. The highest BCUT2D eigenvalue weighted by Crippen LogP contribution is 2.35. The van der Waals surface area contributed by atoms with Crippen LogP contribution in [-0.4, -0.2) is 44.6 Å². The van der Waals surface area contributed by atoms with Gasteiger partial charge in [0.05, 0.1) is 7.11 Å². The lowest BCUT2D eigenvalue weighted by atomic mass is 10.0. The number of methoxy groups -OCH3 is 1. The first-order valence-electron chi connectivity index (χ1n) is 9.25. The van der Waals surface area contributed by atoms with E-state index in [9.17, 15) is 8.78 Å². The Morgan fingerprint density at radius 2 is 1.78 bits per heavy atom. The molecule has 1 fully saturated rings. The van der Waals surface area contributed by atoms with Crippen molar-refractivity contribution in [3.8, 4) is 11.5 Å². The van der Waals surface area contributed by atoms with Crippen molar-refractivity contribution in [3.63, 3.8) is 0 Å². The molecule has 0 spiro atoms. The molecule has 0 saturated carbocycles. The summed E-state index contributed by atoms with van der Waals surface area (Å²) in [7, 11) is 1.57. The van der Waals surface area contributed by atoms with E-state index in [0.29, 0.717) is 18.1 Å². The smallest absolute Gasteiger partial charge is 0.240 e. The van der Waals surface area contributed by atoms with E-state index in [1.165, 1.54) is 0 Å². The van der Waals surface area contributed by atoms with Gasteiger partial charge < -0.3 is 14.8 Å². The molecule has 4 nitrogen and oxygen atoms in total. The van der Waals surface area contributed by atoms with Crippen molar-refractivity contribution in [2.45, 2.75) is 25.5 Å². The van der Waals surface area contributed by atoms with Crippen LogP contribution in [-0.2, 0) is 6.61 Å². The average molecular weight is 376 g/mol. The van der Waals surface area contributed by atoms with Crippen LogP contribution in [0.1, 0.15) is 23.6 Å². The van der Waals surface area contributed by atoms with Gasteiger partial charge in [0.2, 0.25) is 6.43 Å². The number of hydrogen-bond donors (Lipinski definition) is 1. The first-order valence-corrected chi connectivity index (χ1v) is 9.25. The van der Waals surface area contributed by atoms with E-state index in [2.05, 4.69) is 10.2 Å². The fourth-order valence-electron chi connectivity index (χ4n) is 3.40. The molecule has 0 radical (unpaired) electrons. The SMILES string of the molecule is COc1cc([C@@H](CC(F)F)N2CCNCC2)ccc1OCc1ccccc1. The quantitative estimate of drug-likeness (QED) is 0.758. The van der Waals surface area contributed by atoms with Gasteiger partial charge in [0.15, 0.2) is 11.5 Å². The summed E-state index contributed by atoms with van der Waals surface area (Å²) in [5, 5.41) is 3.26. The zero-order valence-electron chi connectivity index (χ0n) is 15.5. The lowest BCUT2D eigenvalue weighted by Crippen LogP contribution is -2.45. The van der Waals surface area contributed by atoms with E-state index in [4.69, 9.17) is 9.47 Å². The largest absolute Gasteiger partial charge is 0.493 e. The summed E-state index contributed by atoms with van der Waals surface area (Å²) in [5.74, 6) is 1.18. The van der Waals surface area contributed by atoms with Crippen molar-refractivity contribution >= 4 is 0 Å². The predicted octanol–water partition coefficient (Wildman–Crippen LogP) is 3.88. The van der Waals surface area contributed by atoms with E-state index < -0.39 is 6.43 Å². The van der Waals surface area contributed by atoms with Crippen molar-refractivity contribution in [1.82, 2.24) is 10.2 Å². The van der Waals surface area contributed by atoms with Gasteiger partial charge in [0.1, 0.15) is 6.61 Å². The second-order valence-corrected chi connectivity index (χ2v) is 6.61.